The first kappa shape index (κ1) is 24.0. The Morgan fingerprint density at radius 2 is 1.25 bits per heavy atom. The van der Waals surface area contributed by atoms with Gasteiger partial charge in [0.2, 0.25) is 0 Å². The first-order valence-corrected chi connectivity index (χ1v) is 13.0. The maximum atomic E-state index is 12.4. The van der Waals surface area contributed by atoms with Gasteiger partial charge in [0.1, 0.15) is 0 Å². The molecule has 0 radical (unpaired) electrons. The number of hydrogen-bond donors (Lipinski definition) is 0. The van der Waals surface area contributed by atoms with Gasteiger partial charge in [0.05, 0.1) is 0 Å². The fourth-order valence-electron chi connectivity index (χ4n) is 2.84. The Hall–Kier alpha value is -0.0231. The Labute approximate surface area is 157 Å². The van der Waals surface area contributed by atoms with Crippen LogP contribution in [0.5, 0.6) is 0 Å². The van der Waals surface area contributed by atoms with E-state index in [1.807, 2.05) is 0 Å². The molecule has 0 unspecified atom stereocenters. The van der Waals surface area contributed by atoms with E-state index >= 15 is 0 Å². The van der Waals surface area contributed by atoms with E-state index in [4.69, 9.17) is 16.0 Å². The van der Waals surface area contributed by atoms with Crippen LogP contribution in [0.15, 0.2) is 0 Å². The lowest BCUT2D eigenvalue weighted by Gasteiger charge is -2.33. The molecule has 0 spiro atoms. The molecule has 0 rings (SSSR count). The molecule has 0 saturated carbocycles. The highest BCUT2D eigenvalue weighted by molar-refractivity contribution is 6.75. The van der Waals surface area contributed by atoms with Crippen LogP contribution < -0.4 is 0 Å². The topological polar surface area (TPSA) is 26.3 Å². The quantitative estimate of drug-likeness (QED) is 0.185. The highest BCUT2D eigenvalue weighted by Gasteiger charge is 2.38. The molecule has 0 aromatic heterocycles. The van der Waals surface area contributed by atoms with Gasteiger partial charge >= 0.3 is 0 Å². The van der Waals surface area contributed by atoms with Crippen molar-refractivity contribution in [2.45, 2.75) is 98.2 Å². The van der Waals surface area contributed by atoms with Gasteiger partial charge in [-0.25, -0.2) is 0 Å². The molecule has 0 atom stereocenters. The summed E-state index contributed by atoms with van der Waals surface area (Å²) >= 11 is 5.73. The van der Waals surface area contributed by atoms with E-state index in [1.165, 1.54) is 19.3 Å². The largest absolute Gasteiger partial charge is 0.519 e. The lowest BCUT2D eigenvalue weighted by molar-refractivity contribution is -0.135. The summed E-state index contributed by atoms with van der Waals surface area (Å²) in [6.07, 6.45) is 5.82. The zero-order chi connectivity index (χ0) is 18.6. The number of rotatable bonds is 14. The number of carbonyl (C=O) groups excluding carboxylic acids is 1. The monoisotopic (exact) mass is 376 g/mol. The highest BCUT2D eigenvalue weighted by atomic mass is 35.5. The molecule has 144 valence electrons. The molecule has 0 aromatic rings. The van der Waals surface area contributed by atoms with Gasteiger partial charge < -0.3 is 4.43 Å². The summed E-state index contributed by atoms with van der Waals surface area (Å²) < 4.78 is 6.29. The fraction of sp³-hybridized carbons (Fsp3) is 0.950. The normalized spacial score (nSPS) is 12.4. The van der Waals surface area contributed by atoms with Crippen molar-refractivity contribution >= 4 is 25.9 Å². The van der Waals surface area contributed by atoms with Crippen molar-refractivity contribution in [2.75, 3.05) is 5.88 Å². The summed E-state index contributed by atoms with van der Waals surface area (Å²) in [5, 5.41) is 0. The molecule has 0 saturated heterocycles. The van der Waals surface area contributed by atoms with Gasteiger partial charge in [-0.2, -0.15) is 0 Å². The minimum atomic E-state index is -1.99. The van der Waals surface area contributed by atoms with E-state index in [0.717, 1.165) is 31.0 Å². The zero-order valence-corrected chi connectivity index (χ0v) is 18.8. The van der Waals surface area contributed by atoms with Gasteiger partial charge in [-0.05, 0) is 48.7 Å². The standard InChI is InChI=1S/C20H41ClO2Si/c1-17(2)10-14-24(15-11-18(3)4,16-12-19(5)6)23-20(22)9-7-8-13-21/h17-19H,7-16H2,1-6H3. The molecular weight excluding hydrogens is 336 g/mol. The maximum Gasteiger partial charge on any atom is 0.292 e. The van der Waals surface area contributed by atoms with Crippen molar-refractivity contribution in [1.82, 2.24) is 0 Å². The number of hydrogen-bond acceptors (Lipinski definition) is 2. The van der Waals surface area contributed by atoms with Crippen molar-refractivity contribution in [3.63, 3.8) is 0 Å². The van der Waals surface area contributed by atoms with Crippen LogP contribution in [0.2, 0.25) is 18.1 Å². The molecule has 2 nitrogen and oxygen atoms in total. The van der Waals surface area contributed by atoms with E-state index in [-0.39, 0.29) is 5.97 Å². The second-order valence-corrected chi connectivity index (χ2v) is 13.0. The predicted octanol–water partition coefficient (Wildman–Crippen LogP) is 7.02. The summed E-state index contributed by atoms with van der Waals surface area (Å²) in [6.45, 7) is 13.6. The molecule has 0 bridgehead atoms. The highest BCUT2D eigenvalue weighted by Crippen LogP contribution is 2.32. The van der Waals surface area contributed by atoms with Gasteiger partial charge in [-0.1, -0.05) is 60.8 Å². The van der Waals surface area contributed by atoms with Crippen molar-refractivity contribution in [3.05, 3.63) is 0 Å². The van der Waals surface area contributed by atoms with Crippen molar-refractivity contribution < 1.29 is 9.22 Å². The summed E-state index contributed by atoms with van der Waals surface area (Å²) in [4.78, 5) is 12.4. The second kappa shape index (κ2) is 13.2. The lowest BCUT2D eigenvalue weighted by atomic mass is 10.2. The molecule has 0 N–H and O–H groups in total. The maximum absolute atomic E-state index is 12.4. The minimum Gasteiger partial charge on any atom is -0.519 e. The van der Waals surface area contributed by atoms with E-state index < -0.39 is 8.32 Å². The Morgan fingerprint density at radius 3 is 1.58 bits per heavy atom. The Bertz CT molecular complexity index is 298. The molecule has 0 aliphatic carbocycles. The molecule has 0 aliphatic heterocycles. The first-order chi connectivity index (χ1) is 11.2. The van der Waals surface area contributed by atoms with E-state index in [2.05, 4.69) is 41.5 Å². The molecule has 0 heterocycles. The average molecular weight is 377 g/mol. The van der Waals surface area contributed by atoms with Gasteiger partial charge in [0.15, 0.2) is 0 Å². The van der Waals surface area contributed by atoms with Crippen LogP contribution in [-0.4, -0.2) is 20.2 Å². The average Bonchev–Trinajstić information content (AvgIpc) is 2.48. The fourth-order valence-corrected chi connectivity index (χ4v) is 7.98. The van der Waals surface area contributed by atoms with Crippen LogP contribution in [-0.2, 0) is 9.22 Å². The summed E-state index contributed by atoms with van der Waals surface area (Å²) in [7, 11) is -1.99. The van der Waals surface area contributed by atoms with Crippen LogP contribution in [0.1, 0.15) is 80.1 Å². The molecular formula is C20H41ClO2Si. The summed E-state index contributed by atoms with van der Waals surface area (Å²) in [5.74, 6) is 2.67. The molecule has 0 amide bonds. The van der Waals surface area contributed by atoms with Crippen LogP contribution in [0.4, 0.5) is 0 Å². The number of unbranched alkanes of at least 4 members (excludes halogenated alkanes) is 1. The minimum absolute atomic E-state index is 0.0306. The third-order valence-corrected chi connectivity index (χ3v) is 9.15. The Balaban J connectivity index is 5.00. The number of halogens is 1. The number of alkyl halides is 1. The van der Waals surface area contributed by atoms with Gasteiger partial charge in [-0.3, -0.25) is 4.79 Å². The van der Waals surface area contributed by atoms with Crippen LogP contribution >= 0.6 is 11.6 Å². The van der Waals surface area contributed by atoms with Gasteiger partial charge in [-0.15, -0.1) is 11.6 Å². The van der Waals surface area contributed by atoms with Crippen LogP contribution in [0.25, 0.3) is 0 Å². The Morgan fingerprint density at radius 1 is 0.833 bits per heavy atom. The van der Waals surface area contributed by atoms with Gasteiger partial charge in [0.25, 0.3) is 14.3 Å². The number of carbonyl (C=O) groups is 1. The van der Waals surface area contributed by atoms with E-state index in [0.29, 0.717) is 30.1 Å². The van der Waals surface area contributed by atoms with E-state index in [9.17, 15) is 4.79 Å². The Kier molecular flexibility index (Phi) is 13.2. The van der Waals surface area contributed by atoms with Crippen molar-refractivity contribution in [3.8, 4) is 0 Å². The molecule has 24 heavy (non-hydrogen) atoms. The second-order valence-electron chi connectivity index (χ2n) is 8.60. The zero-order valence-electron chi connectivity index (χ0n) is 17.0. The van der Waals surface area contributed by atoms with Crippen LogP contribution in [0.3, 0.4) is 0 Å². The predicted molar refractivity (Wildman–Crippen MR) is 109 cm³/mol. The smallest absolute Gasteiger partial charge is 0.292 e. The van der Waals surface area contributed by atoms with Crippen molar-refractivity contribution in [1.29, 1.82) is 0 Å². The third kappa shape index (κ3) is 12.4. The molecule has 0 fully saturated rings. The molecule has 0 aromatic carbocycles. The summed E-state index contributed by atoms with van der Waals surface area (Å²) in [6, 6.07) is 3.39. The molecule has 0 aliphatic rings. The van der Waals surface area contributed by atoms with Crippen LogP contribution in [0, 0.1) is 17.8 Å². The van der Waals surface area contributed by atoms with Crippen molar-refractivity contribution in [2.24, 2.45) is 17.8 Å². The van der Waals surface area contributed by atoms with E-state index in [1.54, 1.807) is 0 Å². The third-order valence-electron chi connectivity index (χ3n) is 4.63. The SMILES string of the molecule is CC(C)CC[Si](CCC(C)C)(CCC(C)C)OC(=O)CCCCCl. The lowest BCUT2D eigenvalue weighted by Crippen LogP contribution is -2.41. The van der Waals surface area contributed by atoms with Gasteiger partial charge in [0, 0.05) is 12.3 Å². The summed E-state index contributed by atoms with van der Waals surface area (Å²) in [5.41, 5.74) is 0. The first-order valence-electron chi connectivity index (χ1n) is 9.98. The molecule has 4 heteroatoms.